The Morgan fingerprint density at radius 1 is 1.12 bits per heavy atom. The number of aromatic hydroxyl groups is 1. The van der Waals surface area contributed by atoms with Crippen LogP contribution in [0.1, 0.15) is 34.0 Å². The lowest BCUT2D eigenvalue weighted by Gasteiger charge is -2.11. The van der Waals surface area contributed by atoms with Crippen molar-refractivity contribution >= 4 is 23.5 Å². The lowest BCUT2D eigenvalue weighted by Crippen LogP contribution is -1.99. The normalized spacial score (nSPS) is 11.2. The summed E-state index contributed by atoms with van der Waals surface area (Å²) in [6.45, 7) is 0.254. The molecular weight excluding hydrogens is 440 g/mol. The molecule has 2 aromatic heterocycles. The fraction of sp³-hybridized carbons (Fsp3) is 0.200. The number of rotatable bonds is 10. The van der Waals surface area contributed by atoms with Gasteiger partial charge < -0.3 is 19.0 Å². The van der Waals surface area contributed by atoms with E-state index in [0.717, 1.165) is 35.3 Å². The van der Waals surface area contributed by atoms with Crippen molar-refractivity contribution in [3.8, 4) is 17.4 Å². The summed E-state index contributed by atoms with van der Waals surface area (Å²) in [5.74, 6) is 1.73. The molecule has 0 radical (unpaired) electrons. The number of aromatic nitrogens is 2. The average molecular weight is 465 g/mol. The molecule has 0 aliphatic rings. The Labute approximate surface area is 195 Å². The summed E-state index contributed by atoms with van der Waals surface area (Å²) in [5.41, 5.74) is 2.83. The van der Waals surface area contributed by atoms with Crippen LogP contribution in [0.3, 0.4) is 0 Å². The Kier molecular flexibility index (Phi) is 7.26. The van der Waals surface area contributed by atoms with Gasteiger partial charge >= 0.3 is 4.87 Å². The topological polar surface area (TPSA) is 97.6 Å². The zero-order valence-electron chi connectivity index (χ0n) is 18.1. The van der Waals surface area contributed by atoms with Gasteiger partial charge in [0.2, 0.25) is 11.8 Å². The molecule has 2 aromatic carbocycles. The van der Waals surface area contributed by atoms with Crippen LogP contribution in [-0.4, -0.2) is 22.2 Å². The maximum Gasteiger partial charge on any atom is 0.307 e. The smallest absolute Gasteiger partial charge is 0.307 e. The number of oxazole rings is 1. The minimum atomic E-state index is -0.239. The number of methoxy groups -OCH3 is 1. The van der Waals surface area contributed by atoms with Gasteiger partial charge in [-0.3, -0.25) is 9.78 Å². The molecule has 4 rings (SSSR count). The van der Waals surface area contributed by atoms with Gasteiger partial charge in [-0.2, -0.15) is 0 Å². The number of thiazole rings is 1. The third-order valence-electron chi connectivity index (χ3n) is 4.96. The average Bonchev–Trinajstić information content (AvgIpc) is 3.42. The van der Waals surface area contributed by atoms with Gasteiger partial charge in [0.1, 0.15) is 18.6 Å². The molecule has 0 unspecified atom stereocenters. The Hall–Kier alpha value is -3.78. The predicted molar refractivity (Wildman–Crippen MR) is 128 cm³/mol. The van der Waals surface area contributed by atoms with Gasteiger partial charge in [0.05, 0.1) is 12.0 Å². The fourth-order valence-electron chi connectivity index (χ4n) is 3.31. The van der Waals surface area contributed by atoms with Crippen molar-refractivity contribution < 1.29 is 19.0 Å². The van der Waals surface area contributed by atoms with Crippen molar-refractivity contribution in [1.29, 1.82) is 0 Å². The molecule has 33 heavy (non-hydrogen) atoms. The molecular formula is C25H24N2O5S. The van der Waals surface area contributed by atoms with Crippen molar-refractivity contribution in [3.05, 3.63) is 92.1 Å². The third kappa shape index (κ3) is 6.14. The van der Waals surface area contributed by atoms with Crippen molar-refractivity contribution in [2.75, 3.05) is 7.11 Å². The minimum Gasteiger partial charge on any atom is -0.494 e. The van der Waals surface area contributed by atoms with Crippen LogP contribution >= 0.6 is 11.3 Å². The van der Waals surface area contributed by atoms with E-state index in [1.54, 1.807) is 13.4 Å². The van der Waals surface area contributed by atoms with Crippen LogP contribution in [0.15, 0.2) is 64.0 Å². The van der Waals surface area contributed by atoms with E-state index in [4.69, 9.17) is 13.9 Å². The van der Waals surface area contributed by atoms with Crippen LogP contribution in [0.25, 0.3) is 12.2 Å². The van der Waals surface area contributed by atoms with Gasteiger partial charge in [0.15, 0.2) is 11.5 Å². The molecule has 2 heterocycles. The first-order valence-electron chi connectivity index (χ1n) is 10.5. The molecule has 7 nitrogen and oxygen atoms in total. The number of aryl methyl sites for hydroxylation is 2. The zero-order valence-corrected chi connectivity index (χ0v) is 18.9. The summed E-state index contributed by atoms with van der Waals surface area (Å²) in [7, 11) is 1.60. The lowest BCUT2D eigenvalue weighted by molar-refractivity contribution is 0.280. The molecule has 0 aliphatic heterocycles. The van der Waals surface area contributed by atoms with E-state index >= 15 is 0 Å². The summed E-state index contributed by atoms with van der Waals surface area (Å²) in [6.07, 6.45) is 7.54. The predicted octanol–water partition coefficient (Wildman–Crippen LogP) is 5.06. The van der Waals surface area contributed by atoms with Crippen molar-refractivity contribution in [1.82, 2.24) is 9.97 Å². The van der Waals surface area contributed by atoms with Crippen LogP contribution < -0.4 is 14.3 Å². The largest absolute Gasteiger partial charge is 0.494 e. The molecule has 0 amide bonds. The number of aromatic amines is 1. The second-order valence-corrected chi connectivity index (χ2v) is 8.40. The van der Waals surface area contributed by atoms with Gasteiger partial charge in [-0.25, -0.2) is 4.98 Å². The number of nitrogens with zero attached hydrogens (tertiary/aromatic N) is 1. The van der Waals surface area contributed by atoms with E-state index in [1.165, 1.54) is 0 Å². The highest BCUT2D eigenvalue weighted by Gasteiger charge is 2.10. The summed E-state index contributed by atoms with van der Waals surface area (Å²) < 4.78 is 16.9. The van der Waals surface area contributed by atoms with Crippen LogP contribution in [0.2, 0.25) is 0 Å². The summed E-state index contributed by atoms with van der Waals surface area (Å²) in [5, 5.41) is 9.69. The second kappa shape index (κ2) is 10.7. The van der Waals surface area contributed by atoms with E-state index in [-0.39, 0.29) is 17.4 Å². The first-order valence-corrected chi connectivity index (χ1v) is 11.3. The fourth-order valence-corrected chi connectivity index (χ4v) is 4.08. The quantitative estimate of drug-likeness (QED) is 0.340. The molecule has 2 N–H and O–H groups in total. The number of hydrogen-bond donors (Lipinski definition) is 2. The second-order valence-electron chi connectivity index (χ2n) is 7.33. The zero-order chi connectivity index (χ0) is 23.0. The van der Waals surface area contributed by atoms with E-state index in [2.05, 4.69) is 9.97 Å². The minimum absolute atomic E-state index is 0.0297. The summed E-state index contributed by atoms with van der Waals surface area (Å²) in [6, 6.07) is 15.7. The Balaban J connectivity index is 1.32. The van der Waals surface area contributed by atoms with Crippen LogP contribution in [0, 0.1) is 0 Å². The Bertz CT molecular complexity index is 1270. The molecule has 170 valence electrons. The van der Waals surface area contributed by atoms with Gasteiger partial charge in [-0.1, -0.05) is 47.7 Å². The van der Waals surface area contributed by atoms with E-state index < -0.39 is 0 Å². The van der Waals surface area contributed by atoms with Crippen molar-refractivity contribution in [2.45, 2.75) is 25.9 Å². The number of nitrogens with one attached hydrogen (secondary N) is 1. The van der Waals surface area contributed by atoms with Crippen molar-refractivity contribution in [3.63, 3.8) is 0 Å². The number of ether oxygens (including phenoxy) is 2. The Morgan fingerprint density at radius 3 is 2.73 bits per heavy atom. The molecule has 0 saturated heterocycles. The molecule has 0 aliphatic carbocycles. The number of hydrogen-bond acceptors (Lipinski definition) is 7. The van der Waals surface area contributed by atoms with Crippen LogP contribution in [0.5, 0.6) is 17.4 Å². The van der Waals surface area contributed by atoms with Gasteiger partial charge in [0.25, 0.3) is 0 Å². The highest BCUT2D eigenvalue weighted by Crippen LogP contribution is 2.30. The van der Waals surface area contributed by atoms with E-state index in [9.17, 15) is 9.90 Å². The Morgan fingerprint density at radius 2 is 1.97 bits per heavy atom. The highest BCUT2D eigenvalue weighted by atomic mass is 32.1. The molecule has 0 fully saturated rings. The molecule has 0 spiro atoms. The van der Waals surface area contributed by atoms with E-state index in [1.807, 2.05) is 60.7 Å². The summed E-state index contributed by atoms with van der Waals surface area (Å²) in [4.78, 5) is 18.5. The highest BCUT2D eigenvalue weighted by molar-refractivity contribution is 7.09. The van der Waals surface area contributed by atoms with Gasteiger partial charge in [0, 0.05) is 6.08 Å². The first-order chi connectivity index (χ1) is 16.1. The molecule has 0 saturated carbocycles. The van der Waals surface area contributed by atoms with Crippen LogP contribution in [-0.2, 0) is 19.4 Å². The molecule has 0 bridgehead atoms. The maximum absolute atomic E-state index is 11.3. The number of H-pyrrole nitrogens is 1. The number of benzene rings is 2. The first kappa shape index (κ1) is 22.4. The van der Waals surface area contributed by atoms with Gasteiger partial charge in [-0.05, 0) is 48.6 Å². The third-order valence-corrected chi connectivity index (χ3v) is 5.89. The molecule has 8 heteroatoms. The van der Waals surface area contributed by atoms with E-state index in [0.29, 0.717) is 34.4 Å². The van der Waals surface area contributed by atoms with Gasteiger partial charge in [-0.15, -0.1) is 0 Å². The monoisotopic (exact) mass is 464 g/mol. The SMILES string of the molecule is COc1cc(CCCc2sc(=O)[nH]c2O)ccc1OCc1coc(C=Cc2ccccc2)n1. The van der Waals surface area contributed by atoms with Crippen LogP contribution in [0.4, 0.5) is 0 Å². The molecule has 4 aromatic rings. The molecule has 0 atom stereocenters. The van der Waals surface area contributed by atoms with Crippen molar-refractivity contribution in [2.24, 2.45) is 0 Å². The summed E-state index contributed by atoms with van der Waals surface area (Å²) >= 11 is 1.04. The maximum atomic E-state index is 11.3. The lowest BCUT2D eigenvalue weighted by atomic mass is 10.1. The standard InChI is InChI=1S/C25H24N2O5S/c1-30-21-14-18(8-5-9-22-24(28)27-25(29)33-22)10-12-20(21)31-15-19-16-32-23(26-19)13-11-17-6-3-2-4-7-17/h2-4,6-7,10-14,16,28H,5,8-9,15H2,1H3,(H,27,29).